The highest BCUT2D eigenvalue weighted by Gasteiger charge is 2.29. The minimum Gasteiger partial charge on any atom is -0.508 e. The smallest absolute Gasteiger partial charge is 0.249 e. The third-order valence-electron chi connectivity index (χ3n) is 3.93. The number of rotatable bonds is 7. The lowest BCUT2D eigenvalue weighted by Gasteiger charge is -2.20. The summed E-state index contributed by atoms with van der Waals surface area (Å²) in [6, 6.07) is 10.7. The number of nitrogens with one attached hydrogen (secondary N) is 1. The Bertz CT molecular complexity index is 844. The summed E-state index contributed by atoms with van der Waals surface area (Å²) in [6.45, 7) is -1.21. The third kappa shape index (κ3) is 6.70. The van der Waals surface area contributed by atoms with E-state index in [-0.39, 0.29) is 5.75 Å². The number of carbonyl (C=O) groups excluding carboxylic acids is 2. The minimum atomic E-state index is -1.42. The molecule has 0 saturated heterocycles. The Morgan fingerprint density at radius 1 is 1.17 bits per heavy atom. The van der Waals surface area contributed by atoms with Crippen molar-refractivity contribution < 1.29 is 30.0 Å². The number of ketones is 1. The first-order valence-electron chi connectivity index (χ1n) is 8.48. The van der Waals surface area contributed by atoms with Gasteiger partial charge in [0.2, 0.25) is 11.7 Å². The average molecular weight is 404 g/mol. The van der Waals surface area contributed by atoms with Crippen molar-refractivity contribution in [2.45, 2.75) is 5.54 Å². The fourth-order valence-electron chi connectivity index (χ4n) is 2.01. The van der Waals surface area contributed by atoms with Crippen LogP contribution in [0.3, 0.4) is 0 Å². The molecule has 0 saturated carbocycles. The van der Waals surface area contributed by atoms with Crippen molar-refractivity contribution in [1.29, 1.82) is 5.26 Å². The van der Waals surface area contributed by atoms with Crippen molar-refractivity contribution in [2.75, 3.05) is 25.1 Å². The lowest BCUT2D eigenvalue weighted by Crippen LogP contribution is -2.50. The number of amides is 1. The van der Waals surface area contributed by atoms with Crippen LogP contribution in [0.5, 0.6) is 5.75 Å². The summed E-state index contributed by atoms with van der Waals surface area (Å²) >= 11 is 0. The number of anilines is 1. The number of aromatic hydroxyl groups is 1. The molecular weight excluding hydrogens is 380 g/mol. The van der Waals surface area contributed by atoms with E-state index in [0.29, 0.717) is 11.4 Å². The highest BCUT2D eigenvalue weighted by Crippen LogP contribution is 2.16. The zero-order valence-corrected chi connectivity index (χ0v) is 15.8. The maximum absolute atomic E-state index is 12.2. The Labute approximate surface area is 167 Å². The number of aromatic nitrogens is 1. The van der Waals surface area contributed by atoms with E-state index in [1.54, 1.807) is 36.0 Å². The number of aryl methyl sites for hydroxylation is 1. The molecule has 0 aliphatic heterocycles. The van der Waals surface area contributed by atoms with E-state index in [0.717, 1.165) is 0 Å². The molecule has 156 valence electrons. The van der Waals surface area contributed by atoms with E-state index in [2.05, 4.69) is 5.32 Å². The topological polar surface area (TPSA) is 182 Å². The van der Waals surface area contributed by atoms with Gasteiger partial charge in [-0.05, 0) is 36.4 Å². The van der Waals surface area contributed by atoms with Crippen molar-refractivity contribution in [1.82, 2.24) is 4.57 Å². The molecule has 2 rings (SSSR count). The number of phenols is 1. The number of nitrogens with two attached hydrogens (primary N) is 1. The predicted molar refractivity (Wildman–Crippen MR) is 104 cm³/mol. The molecule has 1 aromatic carbocycles. The number of phenolic OH excluding ortho intramolecular Hbond substituents is 1. The Hall–Kier alpha value is -3.23. The molecule has 0 aliphatic rings. The van der Waals surface area contributed by atoms with E-state index in [9.17, 15) is 9.59 Å². The van der Waals surface area contributed by atoms with Crippen molar-refractivity contribution in [3.05, 3.63) is 48.3 Å². The van der Waals surface area contributed by atoms with E-state index >= 15 is 0 Å². The monoisotopic (exact) mass is 404 g/mol. The summed E-state index contributed by atoms with van der Waals surface area (Å²) in [5.74, 6) is -2.62. The summed E-state index contributed by atoms with van der Waals surface area (Å²) in [5.41, 5.74) is 4.63. The number of aliphatic hydroxyl groups excluding tert-OH is 3. The summed E-state index contributed by atoms with van der Waals surface area (Å²) < 4.78 is 1.56. The molecule has 1 amide bonds. The molecular formula is C19H24N4O6. The number of Topliss-reactive ketones (excluding diaryl/α,β-unsaturated/α-hetero) is 1. The van der Waals surface area contributed by atoms with Crippen LogP contribution in [-0.4, -0.2) is 62.0 Å². The van der Waals surface area contributed by atoms with Gasteiger partial charge in [-0.25, -0.2) is 0 Å². The number of benzene rings is 1. The third-order valence-corrected chi connectivity index (χ3v) is 3.93. The largest absolute Gasteiger partial charge is 0.508 e. The summed E-state index contributed by atoms with van der Waals surface area (Å²) in [5, 5.41) is 45.8. The number of nitriles is 1. The summed E-state index contributed by atoms with van der Waals surface area (Å²) in [4.78, 5) is 24.2. The van der Waals surface area contributed by atoms with Gasteiger partial charge in [0, 0.05) is 18.9 Å². The normalized spacial score (nSPS) is 11.6. The molecule has 10 heteroatoms. The number of nitrogens with zero attached hydrogens (tertiary/aromatic N) is 2. The van der Waals surface area contributed by atoms with E-state index in [1.165, 1.54) is 24.3 Å². The fourth-order valence-corrected chi connectivity index (χ4v) is 2.01. The van der Waals surface area contributed by atoms with Gasteiger partial charge < -0.3 is 36.0 Å². The predicted octanol–water partition coefficient (Wildman–Crippen LogP) is -0.647. The molecule has 0 fully saturated rings. The molecule has 1 aromatic heterocycles. The van der Waals surface area contributed by atoms with Crippen LogP contribution in [-0.2, 0) is 11.8 Å². The molecule has 0 spiro atoms. The molecule has 1 unspecified atom stereocenters. The van der Waals surface area contributed by atoms with Crippen LogP contribution >= 0.6 is 0 Å². The van der Waals surface area contributed by atoms with Gasteiger partial charge in [0.1, 0.15) is 5.75 Å². The summed E-state index contributed by atoms with van der Waals surface area (Å²) in [6.07, 6.45) is 1.67. The number of hydrogen-bond donors (Lipinski definition) is 6. The van der Waals surface area contributed by atoms with Crippen molar-refractivity contribution in [2.24, 2.45) is 18.7 Å². The zero-order valence-electron chi connectivity index (χ0n) is 15.8. The highest BCUT2D eigenvalue weighted by atomic mass is 16.3. The first-order chi connectivity index (χ1) is 13.7. The van der Waals surface area contributed by atoms with Gasteiger partial charge in [0.05, 0.1) is 37.1 Å². The van der Waals surface area contributed by atoms with Gasteiger partial charge in [0.25, 0.3) is 0 Å². The van der Waals surface area contributed by atoms with E-state index in [1.807, 2.05) is 0 Å². The maximum Gasteiger partial charge on any atom is 0.249 e. The molecule has 10 nitrogen and oxygen atoms in total. The second-order valence-corrected chi connectivity index (χ2v) is 6.30. The first kappa shape index (κ1) is 23.8. The second-order valence-electron chi connectivity index (χ2n) is 6.30. The molecule has 0 aliphatic carbocycles. The molecule has 1 heterocycles. The molecule has 29 heavy (non-hydrogen) atoms. The van der Waals surface area contributed by atoms with Gasteiger partial charge in [-0.15, -0.1) is 0 Å². The maximum atomic E-state index is 12.2. The van der Waals surface area contributed by atoms with Gasteiger partial charge >= 0.3 is 0 Å². The fraction of sp³-hybridized carbons (Fsp3) is 0.316. The van der Waals surface area contributed by atoms with Crippen molar-refractivity contribution in [3.63, 3.8) is 0 Å². The van der Waals surface area contributed by atoms with Gasteiger partial charge in [-0.1, -0.05) is 0 Å². The minimum absolute atomic E-state index is 0.0599. The lowest BCUT2D eigenvalue weighted by molar-refractivity contribution is -0.117. The van der Waals surface area contributed by atoms with E-state index < -0.39 is 43.0 Å². The Morgan fingerprint density at radius 3 is 2.10 bits per heavy atom. The Morgan fingerprint density at radius 2 is 1.72 bits per heavy atom. The molecule has 1 atom stereocenters. The number of aliphatic hydroxyl groups is 3. The Kier molecular flexibility index (Phi) is 8.98. The SMILES string of the molecule is Cn1cccc1C(=O)C(C#N)C(=O)Nc1ccc(O)cc1.NC(CO)(CO)CO. The first-order valence-corrected chi connectivity index (χ1v) is 8.48. The second kappa shape index (κ2) is 10.9. The van der Waals surface area contributed by atoms with Crippen LogP contribution < -0.4 is 11.1 Å². The van der Waals surface area contributed by atoms with Crippen LogP contribution in [0.4, 0.5) is 5.69 Å². The van der Waals surface area contributed by atoms with Crippen LogP contribution in [0, 0.1) is 17.2 Å². The van der Waals surface area contributed by atoms with Crippen LogP contribution in [0.25, 0.3) is 0 Å². The average Bonchev–Trinajstić information content (AvgIpc) is 3.16. The highest BCUT2D eigenvalue weighted by molar-refractivity contribution is 6.15. The van der Waals surface area contributed by atoms with Crippen LogP contribution in [0.2, 0.25) is 0 Å². The molecule has 0 radical (unpaired) electrons. The number of hydrogen-bond acceptors (Lipinski definition) is 8. The zero-order chi connectivity index (χ0) is 22.0. The molecule has 2 aromatic rings. The van der Waals surface area contributed by atoms with Gasteiger partial charge in [0.15, 0.2) is 5.92 Å². The van der Waals surface area contributed by atoms with Gasteiger partial charge in [-0.2, -0.15) is 5.26 Å². The van der Waals surface area contributed by atoms with Crippen LogP contribution in [0.15, 0.2) is 42.6 Å². The lowest BCUT2D eigenvalue weighted by atomic mass is 10.0. The van der Waals surface area contributed by atoms with Crippen molar-refractivity contribution >= 4 is 17.4 Å². The van der Waals surface area contributed by atoms with Crippen LogP contribution in [0.1, 0.15) is 10.5 Å². The quantitative estimate of drug-likeness (QED) is 0.200. The summed E-state index contributed by atoms with van der Waals surface area (Å²) in [7, 11) is 1.67. The molecule has 0 bridgehead atoms. The van der Waals surface area contributed by atoms with E-state index in [4.69, 9.17) is 31.4 Å². The standard InChI is InChI=1S/C15H13N3O3.C4H11NO3/c1-18-8-2-3-13(18)14(20)12(9-16)15(21)17-10-4-6-11(19)7-5-10;5-4(1-6,2-7)3-8/h2-8,12,19H,1H3,(H,17,21);6-8H,1-3,5H2. The van der Waals surface area contributed by atoms with Crippen molar-refractivity contribution in [3.8, 4) is 11.8 Å². The number of carbonyl (C=O) groups is 2. The molecule has 7 N–H and O–H groups in total. The van der Waals surface area contributed by atoms with Gasteiger partial charge in [-0.3, -0.25) is 9.59 Å². The Balaban J connectivity index is 0.000000447.